The third kappa shape index (κ3) is 5.82. The maximum absolute atomic E-state index is 12.2. The third-order valence-corrected chi connectivity index (χ3v) is 4.37. The molecule has 3 aromatic rings. The smallest absolute Gasteiger partial charge is 0.395 e. The number of hydrogen-bond acceptors (Lipinski definition) is 9. The molecule has 0 atom stereocenters. The Morgan fingerprint density at radius 2 is 1.88 bits per heavy atom. The van der Waals surface area contributed by atoms with E-state index in [1.54, 1.807) is 48.5 Å². The van der Waals surface area contributed by atoms with Gasteiger partial charge in [0, 0.05) is 0 Å². The fourth-order valence-corrected chi connectivity index (χ4v) is 2.78. The fourth-order valence-electron chi connectivity index (χ4n) is 2.78. The molecule has 1 amide bonds. The number of aromatic nitrogens is 2. The molecule has 0 bridgehead atoms. The summed E-state index contributed by atoms with van der Waals surface area (Å²) in [5.74, 6) is -1.72. The molecule has 174 valence electrons. The molecule has 0 aliphatic rings. The number of methoxy groups -OCH3 is 1. The van der Waals surface area contributed by atoms with Crippen molar-refractivity contribution < 1.29 is 29.1 Å². The van der Waals surface area contributed by atoms with Gasteiger partial charge in [-0.15, -0.1) is 0 Å². The van der Waals surface area contributed by atoms with E-state index in [2.05, 4.69) is 20.0 Å². The van der Waals surface area contributed by atoms with Gasteiger partial charge < -0.3 is 24.9 Å². The maximum atomic E-state index is 12.2. The van der Waals surface area contributed by atoms with Crippen molar-refractivity contribution in [2.75, 3.05) is 19.0 Å². The van der Waals surface area contributed by atoms with Crippen molar-refractivity contribution in [1.29, 1.82) is 0 Å². The van der Waals surface area contributed by atoms with E-state index in [1.165, 1.54) is 19.3 Å². The summed E-state index contributed by atoms with van der Waals surface area (Å²) < 4.78 is 10.1. The lowest BCUT2D eigenvalue weighted by atomic mass is 10.2. The van der Waals surface area contributed by atoms with Crippen molar-refractivity contribution in [1.82, 2.24) is 9.97 Å². The lowest BCUT2D eigenvalue weighted by molar-refractivity contribution is -0.387. The molecule has 0 saturated carbocycles. The number of carbonyl (C=O) groups is 2. The number of nitrogens with zero attached hydrogens (tertiary/aromatic N) is 2. The summed E-state index contributed by atoms with van der Waals surface area (Å²) in [5, 5.41) is 22.9. The molecule has 0 fully saturated rings. The minimum Gasteiger partial charge on any atom is -0.488 e. The topological polar surface area (TPSA) is 174 Å². The van der Waals surface area contributed by atoms with E-state index in [0.717, 1.165) is 0 Å². The standard InChI is InChI=1S/C22H18N4O8/c1-33-22(30)15-4-2-3-5-16(15)23-18(27)12-34-14-9-6-13(7-10-14)8-11-17-24-20(28)19(26(31)32)21(29)25-17/h2-11H,12H2,1H3,(H,23,27)(H2,24,25,28,29)/b11-8+. The number of aromatic hydroxyl groups is 1. The number of ether oxygens (including phenoxy) is 2. The van der Waals surface area contributed by atoms with Gasteiger partial charge >= 0.3 is 17.2 Å². The minimum atomic E-state index is -1.08. The first-order valence-electron chi connectivity index (χ1n) is 9.64. The zero-order chi connectivity index (χ0) is 24.7. The Hall–Kier alpha value is -5.00. The molecule has 2 aromatic carbocycles. The van der Waals surface area contributed by atoms with E-state index in [9.17, 15) is 29.6 Å². The van der Waals surface area contributed by atoms with Crippen LogP contribution in [0.5, 0.6) is 11.6 Å². The Balaban J connectivity index is 1.59. The van der Waals surface area contributed by atoms with Crippen LogP contribution in [-0.2, 0) is 9.53 Å². The number of hydrogen-bond donors (Lipinski definition) is 3. The van der Waals surface area contributed by atoms with Crippen LogP contribution in [0.4, 0.5) is 11.4 Å². The number of esters is 1. The van der Waals surface area contributed by atoms with Crippen molar-refractivity contribution in [3.05, 3.63) is 86.0 Å². The molecule has 34 heavy (non-hydrogen) atoms. The predicted octanol–water partition coefficient (Wildman–Crippen LogP) is 2.36. The van der Waals surface area contributed by atoms with Gasteiger partial charge in [-0.1, -0.05) is 30.3 Å². The van der Waals surface area contributed by atoms with Gasteiger partial charge in [0.2, 0.25) is 0 Å². The predicted molar refractivity (Wildman–Crippen MR) is 120 cm³/mol. The van der Waals surface area contributed by atoms with Gasteiger partial charge in [-0.3, -0.25) is 19.7 Å². The van der Waals surface area contributed by atoms with Crippen LogP contribution in [0.25, 0.3) is 12.2 Å². The first-order valence-corrected chi connectivity index (χ1v) is 9.64. The Bertz CT molecular complexity index is 1320. The van der Waals surface area contributed by atoms with Crippen molar-refractivity contribution in [2.45, 2.75) is 0 Å². The number of nitrogens with one attached hydrogen (secondary N) is 2. The minimum absolute atomic E-state index is 0.0719. The second-order valence-electron chi connectivity index (χ2n) is 6.66. The van der Waals surface area contributed by atoms with E-state index in [0.29, 0.717) is 17.0 Å². The number of benzene rings is 2. The van der Waals surface area contributed by atoms with Gasteiger partial charge in [0.25, 0.3) is 11.8 Å². The van der Waals surface area contributed by atoms with Crippen LogP contribution in [0.3, 0.4) is 0 Å². The van der Waals surface area contributed by atoms with E-state index in [4.69, 9.17) is 4.74 Å². The van der Waals surface area contributed by atoms with Crippen molar-refractivity contribution in [3.8, 4) is 11.6 Å². The summed E-state index contributed by atoms with van der Waals surface area (Å²) in [5.41, 5.74) is -0.937. The highest BCUT2D eigenvalue weighted by Gasteiger charge is 2.21. The summed E-state index contributed by atoms with van der Waals surface area (Å²) in [6.45, 7) is -0.308. The van der Waals surface area contributed by atoms with Gasteiger partial charge in [-0.2, -0.15) is 4.98 Å². The second kappa shape index (κ2) is 10.5. The van der Waals surface area contributed by atoms with Crippen molar-refractivity contribution in [2.24, 2.45) is 0 Å². The summed E-state index contributed by atoms with van der Waals surface area (Å²) >= 11 is 0. The Morgan fingerprint density at radius 3 is 2.53 bits per heavy atom. The Labute approximate surface area is 191 Å². The zero-order valence-electron chi connectivity index (χ0n) is 17.7. The first-order chi connectivity index (χ1) is 16.3. The highest BCUT2D eigenvalue weighted by atomic mass is 16.6. The molecule has 0 unspecified atom stereocenters. The molecule has 3 rings (SSSR count). The normalized spacial score (nSPS) is 10.6. The van der Waals surface area contributed by atoms with Gasteiger partial charge in [-0.05, 0) is 35.9 Å². The average Bonchev–Trinajstić information content (AvgIpc) is 2.81. The number of aromatic amines is 1. The summed E-state index contributed by atoms with van der Waals surface area (Å²) in [4.78, 5) is 51.1. The van der Waals surface area contributed by atoms with Crippen LogP contribution >= 0.6 is 0 Å². The molecular weight excluding hydrogens is 448 g/mol. The van der Waals surface area contributed by atoms with E-state index in [1.807, 2.05) is 0 Å². The van der Waals surface area contributed by atoms with Crippen LogP contribution in [0, 0.1) is 10.1 Å². The molecule has 0 aliphatic heterocycles. The third-order valence-electron chi connectivity index (χ3n) is 4.37. The highest BCUT2D eigenvalue weighted by Crippen LogP contribution is 2.19. The number of amides is 1. The summed E-state index contributed by atoms with van der Waals surface area (Å²) in [6.07, 6.45) is 2.90. The molecular formula is C22H18N4O8. The number of rotatable bonds is 8. The Kier molecular flexibility index (Phi) is 7.34. The monoisotopic (exact) mass is 466 g/mol. The largest absolute Gasteiger partial charge is 0.488 e. The molecule has 0 saturated heterocycles. The maximum Gasteiger partial charge on any atom is 0.395 e. The summed E-state index contributed by atoms with van der Waals surface area (Å²) in [7, 11) is 1.24. The number of H-pyrrole nitrogens is 1. The van der Waals surface area contributed by atoms with Crippen molar-refractivity contribution in [3.63, 3.8) is 0 Å². The van der Waals surface area contributed by atoms with E-state index in [-0.39, 0.29) is 18.0 Å². The molecule has 12 nitrogen and oxygen atoms in total. The van der Waals surface area contributed by atoms with Crippen LogP contribution in [0.1, 0.15) is 21.7 Å². The average molecular weight is 466 g/mol. The van der Waals surface area contributed by atoms with Crippen molar-refractivity contribution >= 4 is 35.4 Å². The van der Waals surface area contributed by atoms with Crippen LogP contribution in [0.2, 0.25) is 0 Å². The fraction of sp³-hybridized carbons (Fsp3) is 0.0909. The van der Waals surface area contributed by atoms with Crippen LogP contribution in [0.15, 0.2) is 53.3 Å². The zero-order valence-corrected chi connectivity index (χ0v) is 17.7. The Morgan fingerprint density at radius 1 is 1.18 bits per heavy atom. The molecule has 0 radical (unpaired) electrons. The van der Waals surface area contributed by atoms with E-state index < -0.39 is 33.9 Å². The number of nitro groups is 1. The summed E-state index contributed by atoms with van der Waals surface area (Å²) in [6, 6.07) is 12.9. The van der Waals surface area contributed by atoms with Gasteiger partial charge in [-0.25, -0.2) is 4.79 Å². The number of carbonyl (C=O) groups excluding carboxylic acids is 2. The van der Waals surface area contributed by atoms with Gasteiger partial charge in [0.05, 0.1) is 23.3 Å². The van der Waals surface area contributed by atoms with Crippen LogP contribution in [-0.4, -0.2) is 45.6 Å². The number of para-hydroxylation sites is 1. The molecule has 1 aromatic heterocycles. The quantitative estimate of drug-likeness (QED) is 0.256. The molecule has 0 aliphatic carbocycles. The first kappa shape index (κ1) is 23.7. The van der Waals surface area contributed by atoms with E-state index >= 15 is 0 Å². The van der Waals surface area contributed by atoms with Gasteiger partial charge in [0.1, 0.15) is 11.6 Å². The number of anilines is 1. The van der Waals surface area contributed by atoms with Crippen LogP contribution < -0.4 is 15.6 Å². The molecule has 3 N–H and O–H groups in total. The van der Waals surface area contributed by atoms with Gasteiger partial charge in [0.15, 0.2) is 6.61 Å². The lowest BCUT2D eigenvalue weighted by Crippen LogP contribution is -2.21. The highest BCUT2D eigenvalue weighted by molar-refractivity contribution is 6.01. The molecule has 1 heterocycles. The molecule has 12 heteroatoms. The molecule has 0 spiro atoms. The SMILES string of the molecule is COC(=O)c1ccccc1NC(=O)COc1ccc(/C=C/c2nc(O)c([N+](=O)[O-])c(=O)[nH]2)cc1. The second-order valence-corrected chi connectivity index (χ2v) is 6.66. The lowest BCUT2D eigenvalue weighted by Gasteiger charge is -2.10.